The number of hydrogen-bond donors (Lipinski definition) is 1. The molecular formula is C12H15NO. The lowest BCUT2D eigenvalue weighted by molar-refractivity contribution is 0.522. The normalized spacial score (nSPS) is 13.4. The van der Waals surface area contributed by atoms with Crippen molar-refractivity contribution in [2.24, 2.45) is 5.73 Å². The predicted molar refractivity (Wildman–Crippen MR) is 58.3 cm³/mol. The van der Waals surface area contributed by atoms with Crippen LogP contribution in [-0.2, 0) is 6.42 Å². The molecule has 0 saturated carbocycles. The minimum Gasteiger partial charge on any atom is -0.461 e. The molecule has 2 N–H and O–H groups in total. The zero-order valence-electron chi connectivity index (χ0n) is 8.58. The van der Waals surface area contributed by atoms with Crippen LogP contribution in [0.3, 0.4) is 0 Å². The first-order chi connectivity index (χ1) is 6.68. The maximum Gasteiger partial charge on any atom is 0.134 e. The number of para-hydroxylation sites is 1. The summed E-state index contributed by atoms with van der Waals surface area (Å²) in [6.07, 6.45) is 0.806. The Hall–Kier alpha value is -1.28. The van der Waals surface area contributed by atoms with E-state index in [1.54, 1.807) is 0 Å². The van der Waals surface area contributed by atoms with Crippen molar-refractivity contribution >= 4 is 11.0 Å². The molecule has 1 atom stereocenters. The van der Waals surface area contributed by atoms with Gasteiger partial charge in [0.2, 0.25) is 0 Å². The van der Waals surface area contributed by atoms with Gasteiger partial charge < -0.3 is 10.2 Å². The van der Waals surface area contributed by atoms with E-state index < -0.39 is 0 Å². The Morgan fingerprint density at radius 2 is 2.07 bits per heavy atom. The van der Waals surface area contributed by atoms with Crippen LogP contribution in [0.5, 0.6) is 0 Å². The van der Waals surface area contributed by atoms with Crippen molar-refractivity contribution in [3.8, 4) is 0 Å². The Morgan fingerprint density at radius 1 is 1.36 bits per heavy atom. The minimum atomic E-state index is 0.147. The Bertz CT molecular complexity index is 443. The van der Waals surface area contributed by atoms with E-state index in [0.717, 1.165) is 17.8 Å². The van der Waals surface area contributed by atoms with E-state index in [4.69, 9.17) is 10.2 Å². The van der Waals surface area contributed by atoms with Crippen LogP contribution in [0.4, 0.5) is 0 Å². The van der Waals surface area contributed by atoms with Gasteiger partial charge in [0.1, 0.15) is 11.3 Å². The van der Waals surface area contributed by atoms with Crippen molar-refractivity contribution in [3.63, 3.8) is 0 Å². The van der Waals surface area contributed by atoms with Gasteiger partial charge >= 0.3 is 0 Å². The van der Waals surface area contributed by atoms with Crippen molar-refractivity contribution < 1.29 is 4.42 Å². The summed E-state index contributed by atoms with van der Waals surface area (Å²) in [5, 5.41) is 1.20. The third-order valence-electron chi connectivity index (χ3n) is 2.45. The number of aryl methyl sites for hydroxylation is 1. The summed E-state index contributed by atoms with van der Waals surface area (Å²) < 4.78 is 5.73. The molecule has 0 bridgehead atoms. The van der Waals surface area contributed by atoms with Crippen LogP contribution in [0.25, 0.3) is 11.0 Å². The van der Waals surface area contributed by atoms with E-state index in [1.807, 2.05) is 25.1 Å². The van der Waals surface area contributed by atoms with Crippen LogP contribution in [0.1, 0.15) is 18.2 Å². The van der Waals surface area contributed by atoms with E-state index >= 15 is 0 Å². The molecule has 2 aromatic rings. The highest BCUT2D eigenvalue weighted by atomic mass is 16.3. The molecule has 0 fully saturated rings. The standard InChI is InChI=1S/C12H15NO/c1-8(13)7-12-9(2)10-5-3-4-6-11(10)14-12/h3-6,8H,7,13H2,1-2H3/t8-/m0/s1. The van der Waals surface area contributed by atoms with Crippen LogP contribution in [0, 0.1) is 6.92 Å². The van der Waals surface area contributed by atoms with Crippen molar-refractivity contribution in [1.29, 1.82) is 0 Å². The minimum absolute atomic E-state index is 0.147. The number of hydrogen-bond acceptors (Lipinski definition) is 2. The van der Waals surface area contributed by atoms with Crippen LogP contribution >= 0.6 is 0 Å². The molecule has 1 aromatic heterocycles. The van der Waals surface area contributed by atoms with Crippen molar-refractivity contribution in [3.05, 3.63) is 35.6 Å². The van der Waals surface area contributed by atoms with Gasteiger partial charge in [-0.15, -0.1) is 0 Å². The zero-order valence-corrected chi connectivity index (χ0v) is 8.58. The molecule has 1 heterocycles. The van der Waals surface area contributed by atoms with Gasteiger partial charge in [-0.25, -0.2) is 0 Å². The fourth-order valence-electron chi connectivity index (χ4n) is 1.71. The monoisotopic (exact) mass is 189 g/mol. The molecule has 0 aliphatic carbocycles. The molecule has 2 heteroatoms. The van der Waals surface area contributed by atoms with E-state index in [-0.39, 0.29) is 6.04 Å². The van der Waals surface area contributed by atoms with Gasteiger partial charge in [-0.3, -0.25) is 0 Å². The van der Waals surface area contributed by atoms with Gasteiger partial charge in [-0.2, -0.15) is 0 Å². The lowest BCUT2D eigenvalue weighted by Gasteiger charge is -2.01. The summed E-state index contributed by atoms with van der Waals surface area (Å²) in [6.45, 7) is 4.08. The third kappa shape index (κ3) is 1.53. The maximum absolute atomic E-state index is 5.76. The average molecular weight is 189 g/mol. The highest BCUT2D eigenvalue weighted by Crippen LogP contribution is 2.25. The maximum atomic E-state index is 5.76. The Kier molecular flexibility index (Phi) is 2.30. The van der Waals surface area contributed by atoms with E-state index in [1.165, 1.54) is 10.9 Å². The first kappa shape index (κ1) is 9.28. The van der Waals surface area contributed by atoms with Crippen molar-refractivity contribution in [2.45, 2.75) is 26.3 Å². The van der Waals surface area contributed by atoms with Gasteiger partial charge in [-0.1, -0.05) is 18.2 Å². The van der Waals surface area contributed by atoms with Gasteiger partial charge in [0.15, 0.2) is 0 Å². The average Bonchev–Trinajstić information content (AvgIpc) is 2.44. The fraction of sp³-hybridized carbons (Fsp3) is 0.333. The molecule has 1 aromatic carbocycles. The quantitative estimate of drug-likeness (QED) is 0.788. The number of benzene rings is 1. The van der Waals surface area contributed by atoms with Crippen molar-refractivity contribution in [1.82, 2.24) is 0 Å². The number of fused-ring (bicyclic) bond motifs is 1. The first-order valence-electron chi connectivity index (χ1n) is 4.91. The molecule has 14 heavy (non-hydrogen) atoms. The molecule has 0 amide bonds. The SMILES string of the molecule is Cc1c(C[C@H](C)N)oc2ccccc12. The summed E-state index contributed by atoms with van der Waals surface area (Å²) in [6, 6.07) is 8.24. The molecule has 0 aliphatic rings. The predicted octanol–water partition coefficient (Wildman–Crippen LogP) is 2.63. The molecule has 0 radical (unpaired) electrons. The van der Waals surface area contributed by atoms with Gasteiger partial charge in [0, 0.05) is 17.8 Å². The summed E-state index contributed by atoms with van der Waals surface area (Å²) in [4.78, 5) is 0. The Balaban J connectivity index is 2.51. The molecule has 0 aliphatic heterocycles. The molecule has 0 saturated heterocycles. The summed E-state index contributed by atoms with van der Waals surface area (Å²) in [5.41, 5.74) is 7.93. The van der Waals surface area contributed by atoms with Gasteiger partial charge in [-0.05, 0) is 25.5 Å². The summed E-state index contributed by atoms with van der Waals surface area (Å²) in [5.74, 6) is 1.02. The van der Waals surface area contributed by atoms with Crippen LogP contribution in [0.2, 0.25) is 0 Å². The van der Waals surface area contributed by atoms with Crippen LogP contribution in [-0.4, -0.2) is 6.04 Å². The molecule has 2 rings (SSSR count). The Labute approximate surface area is 83.7 Å². The number of furan rings is 1. The van der Waals surface area contributed by atoms with E-state index in [0.29, 0.717) is 0 Å². The molecular weight excluding hydrogens is 174 g/mol. The van der Waals surface area contributed by atoms with E-state index in [9.17, 15) is 0 Å². The molecule has 0 unspecified atom stereocenters. The third-order valence-corrected chi connectivity index (χ3v) is 2.45. The lowest BCUT2D eigenvalue weighted by Crippen LogP contribution is -2.17. The molecule has 74 valence electrons. The van der Waals surface area contributed by atoms with Gasteiger partial charge in [0.25, 0.3) is 0 Å². The fourth-order valence-corrected chi connectivity index (χ4v) is 1.71. The smallest absolute Gasteiger partial charge is 0.134 e. The summed E-state index contributed by atoms with van der Waals surface area (Å²) in [7, 11) is 0. The lowest BCUT2D eigenvalue weighted by atomic mass is 10.1. The van der Waals surface area contributed by atoms with Crippen molar-refractivity contribution in [2.75, 3.05) is 0 Å². The van der Waals surface area contributed by atoms with Crippen LogP contribution in [0.15, 0.2) is 28.7 Å². The Morgan fingerprint density at radius 3 is 2.71 bits per heavy atom. The highest BCUT2D eigenvalue weighted by molar-refractivity contribution is 5.81. The summed E-state index contributed by atoms with van der Waals surface area (Å²) >= 11 is 0. The molecule has 0 spiro atoms. The second-order valence-corrected chi connectivity index (χ2v) is 3.83. The largest absolute Gasteiger partial charge is 0.461 e. The number of nitrogens with two attached hydrogens (primary N) is 1. The second kappa shape index (κ2) is 3.46. The zero-order chi connectivity index (χ0) is 10.1. The van der Waals surface area contributed by atoms with E-state index in [2.05, 4.69) is 13.0 Å². The van der Waals surface area contributed by atoms with Gasteiger partial charge in [0.05, 0.1) is 0 Å². The number of rotatable bonds is 2. The first-order valence-corrected chi connectivity index (χ1v) is 4.91. The second-order valence-electron chi connectivity index (χ2n) is 3.83. The molecule has 2 nitrogen and oxygen atoms in total. The topological polar surface area (TPSA) is 39.2 Å². The highest BCUT2D eigenvalue weighted by Gasteiger charge is 2.10. The van der Waals surface area contributed by atoms with Crippen LogP contribution < -0.4 is 5.73 Å².